The van der Waals surface area contributed by atoms with Crippen LogP contribution in [0.2, 0.25) is 5.02 Å². The second-order valence-corrected chi connectivity index (χ2v) is 14.8. The Morgan fingerprint density at radius 1 is 1.19 bits per heavy atom. The topological polar surface area (TPSA) is 152 Å². The Labute approximate surface area is 318 Å². The molecule has 2 aromatic carbocycles. The number of β-amino-alcohol motifs (C(OH)–C–C–N with tert-alkyl or cyclic N) is 1. The number of aliphatic carboxylic acids is 1. The number of carbonyl (C=O) groups is 1. The Hall–Kier alpha value is -5.38. The molecule has 54 heavy (non-hydrogen) atoms. The molecular weight excluding hydrogens is 702 g/mol. The number of aliphatic hydroxyl groups excluding tert-OH is 1. The van der Waals surface area contributed by atoms with E-state index in [1.54, 1.807) is 25.3 Å². The number of likely N-dealkylation sites (tertiary alicyclic amines) is 2. The molecule has 12 heteroatoms. The van der Waals surface area contributed by atoms with Crippen molar-refractivity contribution in [3.8, 4) is 6.07 Å². The van der Waals surface area contributed by atoms with Crippen LogP contribution in [-0.4, -0.2) is 73.2 Å². The second kappa shape index (κ2) is 15.2. The van der Waals surface area contributed by atoms with E-state index in [0.29, 0.717) is 77.3 Å². The number of hydrogen-bond donors (Lipinski definition) is 3. The number of aromatic nitrogens is 3. The van der Waals surface area contributed by atoms with E-state index >= 15 is 0 Å². The molecule has 0 radical (unpaired) electrons. The van der Waals surface area contributed by atoms with Gasteiger partial charge in [-0.3, -0.25) is 19.6 Å². The predicted molar refractivity (Wildman–Crippen MR) is 211 cm³/mol. The zero-order valence-corrected chi connectivity index (χ0v) is 31.3. The molecule has 7 rings (SSSR count). The number of carboxylic acid groups (broad SMARTS) is 1. The highest BCUT2D eigenvalue weighted by Crippen LogP contribution is 2.39. The Kier molecular flexibility index (Phi) is 10.4. The van der Waals surface area contributed by atoms with E-state index in [1.165, 1.54) is 0 Å². The smallest absolute Gasteiger partial charge is 0.310 e. The highest BCUT2D eigenvalue weighted by molar-refractivity contribution is 6.35. The van der Waals surface area contributed by atoms with Gasteiger partial charge in [-0.1, -0.05) is 42.5 Å². The lowest BCUT2D eigenvalue weighted by Crippen LogP contribution is -2.31. The van der Waals surface area contributed by atoms with Crippen molar-refractivity contribution in [3.05, 3.63) is 112 Å². The minimum Gasteiger partial charge on any atom is -0.481 e. The summed E-state index contributed by atoms with van der Waals surface area (Å²) in [6.07, 6.45) is 8.36. The SMILES string of the molecule is C=C/C(=C(C)\C(=C/C)c1cccc(Nc2nccc3cc(CN4CC[C@H](O)C4)cnc23)c1Cl)c1nc2cc(CN3CC[C@@](C)(C(=O)O)C3)cc(C#N)c2o1. The number of oxazole rings is 1. The first-order valence-corrected chi connectivity index (χ1v) is 18.4. The predicted octanol–water partition coefficient (Wildman–Crippen LogP) is 7.97. The Bertz CT molecular complexity index is 2400. The number of hydrogen-bond acceptors (Lipinski definition) is 10. The van der Waals surface area contributed by atoms with Gasteiger partial charge in [-0.05, 0) is 92.8 Å². The van der Waals surface area contributed by atoms with E-state index in [4.69, 9.17) is 26.0 Å². The number of nitrogens with zero attached hydrogens (tertiary/aromatic N) is 6. The van der Waals surface area contributed by atoms with E-state index in [2.05, 4.69) is 38.8 Å². The average Bonchev–Trinajstić information content (AvgIpc) is 3.88. The van der Waals surface area contributed by atoms with Gasteiger partial charge in [0.25, 0.3) is 0 Å². The molecule has 2 saturated heterocycles. The van der Waals surface area contributed by atoms with Crippen LogP contribution < -0.4 is 5.32 Å². The van der Waals surface area contributed by atoms with E-state index in [0.717, 1.165) is 58.2 Å². The van der Waals surface area contributed by atoms with Gasteiger partial charge in [0.1, 0.15) is 17.1 Å². The van der Waals surface area contributed by atoms with Crippen LogP contribution in [0.25, 0.3) is 33.1 Å². The van der Waals surface area contributed by atoms with Crippen molar-refractivity contribution in [2.75, 3.05) is 31.5 Å². The summed E-state index contributed by atoms with van der Waals surface area (Å²) in [5, 5.41) is 34.5. The van der Waals surface area contributed by atoms with E-state index in [9.17, 15) is 20.3 Å². The molecule has 2 aliphatic rings. The minimum absolute atomic E-state index is 0.273. The van der Waals surface area contributed by atoms with E-state index < -0.39 is 11.4 Å². The van der Waals surface area contributed by atoms with Crippen LogP contribution in [0.15, 0.2) is 83.6 Å². The summed E-state index contributed by atoms with van der Waals surface area (Å²) < 4.78 is 6.25. The molecule has 3 aromatic heterocycles. The van der Waals surface area contributed by atoms with Gasteiger partial charge in [0.15, 0.2) is 11.4 Å². The summed E-state index contributed by atoms with van der Waals surface area (Å²) in [6, 6.07) is 15.7. The zero-order valence-electron chi connectivity index (χ0n) is 30.6. The van der Waals surface area contributed by atoms with Crippen molar-refractivity contribution in [1.29, 1.82) is 5.26 Å². The second-order valence-electron chi connectivity index (χ2n) is 14.4. The van der Waals surface area contributed by atoms with Gasteiger partial charge in [0.2, 0.25) is 5.89 Å². The minimum atomic E-state index is -0.798. The van der Waals surface area contributed by atoms with Crippen LogP contribution in [0.4, 0.5) is 11.5 Å². The van der Waals surface area contributed by atoms with Crippen molar-refractivity contribution in [1.82, 2.24) is 24.8 Å². The number of nitrogens with one attached hydrogen (secondary N) is 1. The molecule has 0 aliphatic carbocycles. The third-order valence-electron chi connectivity index (χ3n) is 10.5. The van der Waals surface area contributed by atoms with Gasteiger partial charge >= 0.3 is 5.97 Å². The zero-order chi connectivity index (χ0) is 38.1. The number of pyridine rings is 2. The Balaban J connectivity index is 1.16. The first kappa shape index (κ1) is 37.0. The maximum atomic E-state index is 11.8. The van der Waals surface area contributed by atoms with Gasteiger partial charge in [0.05, 0.1) is 27.8 Å². The largest absolute Gasteiger partial charge is 0.481 e. The van der Waals surface area contributed by atoms with Crippen molar-refractivity contribution >= 4 is 62.2 Å². The number of rotatable bonds is 11. The number of aliphatic hydroxyl groups is 1. The van der Waals surface area contributed by atoms with Crippen molar-refractivity contribution in [2.24, 2.45) is 5.41 Å². The average molecular weight is 744 g/mol. The number of fused-ring (bicyclic) bond motifs is 2. The Morgan fingerprint density at radius 3 is 2.70 bits per heavy atom. The molecule has 276 valence electrons. The lowest BCUT2D eigenvalue weighted by molar-refractivity contribution is -0.147. The number of anilines is 2. The van der Waals surface area contributed by atoms with Crippen LogP contribution in [0.3, 0.4) is 0 Å². The molecule has 0 spiro atoms. The molecule has 0 bridgehead atoms. The molecule has 2 aliphatic heterocycles. The maximum Gasteiger partial charge on any atom is 0.310 e. The molecule has 5 heterocycles. The van der Waals surface area contributed by atoms with Gasteiger partial charge in [-0.25, -0.2) is 9.97 Å². The molecule has 11 nitrogen and oxygen atoms in total. The number of allylic oxidation sites excluding steroid dienone is 5. The van der Waals surface area contributed by atoms with E-state index in [-0.39, 0.29) is 6.10 Å². The summed E-state index contributed by atoms with van der Waals surface area (Å²) >= 11 is 7.14. The van der Waals surface area contributed by atoms with Crippen molar-refractivity contribution < 1.29 is 19.4 Å². The molecule has 0 amide bonds. The van der Waals surface area contributed by atoms with Crippen LogP contribution in [0.1, 0.15) is 61.8 Å². The summed E-state index contributed by atoms with van der Waals surface area (Å²) in [5.41, 5.74) is 6.89. The summed E-state index contributed by atoms with van der Waals surface area (Å²) in [7, 11) is 0. The van der Waals surface area contributed by atoms with E-state index in [1.807, 2.05) is 56.5 Å². The lowest BCUT2D eigenvalue weighted by Gasteiger charge is -2.20. The highest BCUT2D eigenvalue weighted by Gasteiger charge is 2.40. The summed E-state index contributed by atoms with van der Waals surface area (Å²) in [4.78, 5) is 30.3. The number of nitriles is 1. The van der Waals surface area contributed by atoms with Gasteiger partial charge in [0, 0.05) is 61.6 Å². The molecule has 2 atom stereocenters. The highest BCUT2D eigenvalue weighted by atomic mass is 35.5. The van der Waals surface area contributed by atoms with Crippen LogP contribution in [0, 0.1) is 16.7 Å². The van der Waals surface area contributed by atoms with Gasteiger partial charge in [-0.2, -0.15) is 5.26 Å². The fourth-order valence-electron chi connectivity index (χ4n) is 7.59. The molecule has 3 N–H and O–H groups in total. The first-order chi connectivity index (χ1) is 26.0. The molecular formula is C42H42ClN7O4. The monoisotopic (exact) mass is 743 g/mol. The number of carboxylic acids is 1. The third kappa shape index (κ3) is 7.26. The van der Waals surface area contributed by atoms with Crippen molar-refractivity contribution in [3.63, 3.8) is 0 Å². The van der Waals surface area contributed by atoms with Crippen LogP contribution >= 0.6 is 11.6 Å². The van der Waals surface area contributed by atoms with Crippen molar-refractivity contribution in [2.45, 2.75) is 52.8 Å². The fraction of sp³-hybridized carbons (Fsp3) is 0.310. The Morgan fingerprint density at radius 2 is 2.00 bits per heavy atom. The van der Waals surface area contributed by atoms with Gasteiger partial charge < -0.3 is 19.9 Å². The molecule has 2 fully saturated rings. The maximum absolute atomic E-state index is 11.8. The normalized spacial score (nSPS) is 20.0. The summed E-state index contributed by atoms with van der Waals surface area (Å²) in [6.45, 7) is 13.6. The third-order valence-corrected chi connectivity index (χ3v) is 10.9. The van der Waals surface area contributed by atoms with Crippen LogP contribution in [0.5, 0.6) is 0 Å². The molecule has 5 aromatic rings. The fourth-order valence-corrected chi connectivity index (χ4v) is 7.86. The van der Waals surface area contributed by atoms with Crippen LogP contribution in [-0.2, 0) is 17.9 Å². The van der Waals surface area contributed by atoms with Gasteiger partial charge in [-0.15, -0.1) is 0 Å². The first-order valence-electron chi connectivity index (χ1n) is 18.0. The molecule has 0 unspecified atom stereocenters. The number of halogens is 1. The molecule has 0 saturated carbocycles. The summed E-state index contributed by atoms with van der Waals surface area (Å²) in [5.74, 6) is 0.102. The standard InChI is InChI=1S/C42H42ClN7O4/c1-5-31(25(3)32(6-2)40-48-35-18-26(16-29(19-44)38(35)54-40)21-50-15-12-42(4,24-50)41(52)53)33-8-7-9-34(36(33)43)47-39-37-28(10-13-45-39)17-27(20-46-37)22-49-14-11-30(51)23-49/h5-10,13,16-18,20,30,51H,2,11-12,14-15,21-24H2,1,3-4H3,(H,45,47)(H,52,53)/b31-5+,32-25+/t30-,42+/m0/s1. The lowest BCUT2D eigenvalue weighted by atomic mass is 9.90. The quantitative estimate of drug-likeness (QED) is 0.113. The number of benzene rings is 2.